The molecular formula is C28H58Al2O13S3. The monoisotopic (exact) mass is 752 g/mol. The molecule has 272 valence electrons. The molecule has 0 aromatic rings. The molecule has 0 saturated carbocycles. The van der Waals surface area contributed by atoms with Gasteiger partial charge in [-0.05, 0) is 12.8 Å². The van der Waals surface area contributed by atoms with Gasteiger partial charge < -0.3 is 32.1 Å². The van der Waals surface area contributed by atoms with Crippen molar-refractivity contribution < 1.29 is 57.3 Å². The number of hydrogen-bond acceptors (Lipinski definition) is 13. The van der Waals surface area contributed by atoms with Crippen molar-refractivity contribution in [3.8, 4) is 0 Å². The molecule has 0 aliphatic heterocycles. The minimum Gasteiger partial charge on any atom is -0.759 e. The van der Waals surface area contributed by atoms with Gasteiger partial charge >= 0.3 is 34.7 Å². The van der Waals surface area contributed by atoms with Gasteiger partial charge in [0.05, 0.1) is 0 Å². The summed E-state index contributed by atoms with van der Waals surface area (Å²) in [6.07, 6.45) is 34.1. The normalized spacial score (nSPS) is 11.0. The molecule has 0 aliphatic carbocycles. The smallest absolute Gasteiger partial charge is 0.759 e. The standard InChI is InChI=1S/C28H58O.2Al.3H2O4S/c1-3-5-7-9-11-13-15-17-19-21-23-25-27-29-28-26-24-22-20-18-16-14-12-10-8-6-4-2;;;3*1-5(2,3)4/h3-28H2,1-2H3;;;3*(H2,1,2,3,4)/q;2*+3;;;/p-6. The second-order valence-electron chi connectivity index (χ2n) is 10.6. The maximum absolute atomic E-state index is 8.52. The van der Waals surface area contributed by atoms with Crippen LogP contribution < -0.4 is 0 Å². The molecule has 0 amide bonds. The second-order valence-corrected chi connectivity index (χ2v) is 13.1. The zero-order valence-electron chi connectivity index (χ0n) is 28.1. The Hall–Kier alpha value is 0.635. The van der Waals surface area contributed by atoms with Gasteiger partial charge in [0.15, 0.2) is 0 Å². The van der Waals surface area contributed by atoms with E-state index in [1.54, 1.807) is 0 Å². The summed E-state index contributed by atoms with van der Waals surface area (Å²) in [4.78, 5) is 0. The second kappa shape index (κ2) is 43.7. The number of unbranched alkanes of at least 4 members (excludes halogenated alkanes) is 22. The van der Waals surface area contributed by atoms with Crippen LogP contribution in [0.4, 0.5) is 0 Å². The molecule has 0 atom stereocenters. The molecule has 0 N–H and O–H groups in total. The summed E-state index contributed by atoms with van der Waals surface area (Å²) >= 11 is 0. The van der Waals surface area contributed by atoms with Crippen LogP contribution in [0.1, 0.15) is 168 Å². The van der Waals surface area contributed by atoms with E-state index < -0.39 is 31.2 Å². The molecule has 46 heavy (non-hydrogen) atoms. The van der Waals surface area contributed by atoms with Crippen molar-refractivity contribution in [2.24, 2.45) is 0 Å². The number of ether oxygens (including phenoxy) is 1. The van der Waals surface area contributed by atoms with E-state index in [-0.39, 0.29) is 34.7 Å². The van der Waals surface area contributed by atoms with Crippen molar-refractivity contribution in [3.63, 3.8) is 0 Å². The zero-order chi connectivity index (χ0) is 34.6. The molecule has 0 radical (unpaired) electrons. The fraction of sp³-hybridized carbons (Fsp3) is 1.00. The quantitative estimate of drug-likeness (QED) is 0.0450. The SMILES string of the molecule is CCCCCCCCCCCCCCOCCCCCCCCCCCCCC.O=S(=O)([O-])[O-].O=S(=O)([O-])[O-].O=S(=O)([O-])[O-].[Al+3].[Al+3]. The molecule has 0 heterocycles. The van der Waals surface area contributed by atoms with Gasteiger partial charge in [-0.15, -0.1) is 0 Å². The third-order valence-corrected chi connectivity index (χ3v) is 6.28. The third-order valence-electron chi connectivity index (χ3n) is 6.28. The van der Waals surface area contributed by atoms with Gasteiger partial charge in [-0.25, -0.2) is 0 Å². The Balaban J connectivity index is -0.000000194. The molecule has 0 aromatic carbocycles. The first-order valence-corrected chi connectivity index (χ1v) is 20.0. The molecule has 0 saturated heterocycles. The number of hydrogen-bond donors (Lipinski definition) is 0. The topological polar surface area (TPSA) is 250 Å². The van der Waals surface area contributed by atoms with Crippen LogP contribution in [-0.4, -0.2) is 101 Å². The maximum Gasteiger partial charge on any atom is 3.00 e. The molecule has 0 aliphatic rings. The Kier molecular flexibility index (Phi) is 55.8. The summed E-state index contributed by atoms with van der Waals surface area (Å²) in [6, 6.07) is 0. The summed E-state index contributed by atoms with van der Waals surface area (Å²) in [6.45, 7) is 6.58. The minimum absolute atomic E-state index is 0. The van der Waals surface area contributed by atoms with Crippen LogP contribution in [-0.2, 0) is 35.9 Å². The van der Waals surface area contributed by atoms with Crippen molar-refractivity contribution in [2.45, 2.75) is 168 Å². The van der Waals surface area contributed by atoms with Crippen LogP contribution in [0.2, 0.25) is 0 Å². The predicted molar refractivity (Wildman–Crippen MR) is 176 cm³/mol. The van der Waals surface area contributed by atoms with Gasteiger partial charge in [-0.3, -0.25) is 25.3 Å². The van der Waals surface area contributed by atoms with Gasteiger partial charge in [0, 0.05) is 44.4 Å². The molecule has 18 heteroatoms. The van der Waals surface area contributed by atoms with Crippen LogP contribution in [0.25, 0.3) is 0 Å². The fourth-order valence-corrected chi connectivity index (χ4v) is 4.19. The summed E-state index contributed by atoms with van der Waals surface area (Å²) in [5.74, 6) is 0. The molecule has 13 nitrogen and oxygen atoms in total. The molecule has 0 bridgehead atoms. The largest absolute Gasteiger partial charge is 3.00 e. The Morgan fingerprint density at radius 1 is 0.326 bits per heavy atom. The minimum atomic E-state index is -5.17. The van der Waals surface area contributed by atoms with Crippen LogP contribution in [0.3, 0.4) is 0 Å². The van der Waals surface area contributed by atoms with Gasteiger partial charge in [-0.1, -0.05) is 155 Å². The van der Waals surface area contributed by atoms with E-state index in [0.29, 0.717) is 0 Å². The van der Waals surface area contributed by atoms with Crippen LogP contribution in [0.5, 0.6) is 0 Å². The van der Waals surface area contributed by atoms with E-state index in [9.17, 15) is 0 Å². The molecule has 0 rings (SSSR count). The van der Waals surface area contributed by atoms with Crippen molar-refractivity contribution in [2.75, 3.05) is 13.2 Å². The summed E-state index contributed by atoms with van der Waals surface area (Å²) < 4.78 is 108. The van der Waals surface area contributed by atoms with Gasteiger partial charge in [0.25, 0.3) is 0 Å². The van der Waals surface area contributed by atoms with E-state index >= 15 is 0 Å². The Labute approximate surface area is 302 Å². The summed E-state index contributed by atoms with van der Waals surface area (Å²) in [5.41, 5.74) is 0. The van der Waals surface area contributed by atoms with Crippen LogP contribution >= 0.6 is 0 Å². The first kappa shape index (κ1) is 58.8. The van der Waals surface area contributed by atoms with E-state index in [1.807, 2.05) is 0 Å². The van der Waals surface area contributed by atoms with Gasteiger partial charge in [0.2, 0.25) is 0 Å². The first-order valence-electron chi connectivity index (χ1n) is 16.0. The van der Waals surface area contributed by atoms with Gasteiger partial charge in [0.1, 0.15) is 0 Å². The van der Waals surface area contributed by atoms with Crippen molar-refractivity contribution in [3.05, 3.63) is 0 Å². The molecule has 0 spiro atoms. The van der Waals surface area contributed by atoms with Crippen LogP contribution in [0, 0.1) is 0 Å². The predicted octanol–water partition coefficient (Wildman–Crippen LogP) is 5.63. The fourth-order valence-electron chi connectivity index (χ4n) is 4.19. The molecule has 0 unspecified atom stereocenters. The van der Waals surface area contributed by atoms with E-state index in [1.165, 1.54) is 154 Å². The summed E-state index contributed by atoms with van der Waals surface area (Å²) in [5, 5.41) is 0. The van der Waals surface area contributed by atoms with Crippen LogP contribution in [0.15, 0.2) is 0 Å². The Morgan fingerprint density at radius 2 is 0.457 bits per heavy atom. The molecular weight excluding hydrogens is 694 g/mol. The average Bonchev–Trinajstić information content (AvgIpc) is 2.86. The van der Waals surface area contributed by atoms with E-state index in [2.05, 4.69) is 13.8 Å². The third kappa shape index (κ3) is 120. The Morgan fingerprint density at radius 3 is 0.609 bits per heavy atom. The average molecular weight is 753 g/mol. The maximum atomic E-state index is 8.52. The Bertz CT molecular complexity index is 754. The zero-order valence-corrected chi connectivity index (χ0v) is 32.8. The molecule has 0 aromatic heterocycles. The number of rotatable bonds is 26. The van der Waals surface area contributed by atoms with Crippen molar-refractivity contribution in [1.29, 1.82) is 0 Å². The van der Waals surface area contributed by atoms with E-state index in [0.717, 1.165) is 13.2 Å². The van der Waals surface area contributed by atoms with Crippen molar-refractivity contribution >= 4 is 65.9 Å². The summed E-state index contributed by atoms with van der Waals surface area (Å²) in [7, 11) is -15.5. The first-order chi connectivity index (χ1) is 20.4. The molecule has 0 fully saturated rings. The van der Waals surface area contributed by atoms with Gasteiger partial charge in [-0.2, -0.15) is 0 Å². The van der Waals surface area contributed by atoms with Crippen molar-refractivity contribution in [1.82, 2.24) is 0 Å². The van der Waals surface area contributed by atoms with E-state index in [4.69, 9.17) is 57.3 Å².